The number of nitrogens with one attached hydrogen (secondary N) is 2. The van der Waals surface area contributed by atoms with Crippen LogP contribution in [0.2, 0.25) is 0 Å². The Balaban J connectivity index is 1.74. The minimum absolute atomic E-state index is 0.128. The fourth-order valence-electron chi connectivity index (χ4n) is 2.00. The molecule has 1 aromatic heterocycles. The minimum Gasteiger partial charge on any atom is -0.479 e. The van der Waals surface area contributed by atoms with Crippen molar-refractivity contribution in [3.05, 3.63) is 34.5 Å². The fourth-order valence-corrected chi connectivity index (χ4v) is 2.73. The highest BCUT2D eigenvalue weighted by Crippen LogP contribution is 2.32. The van der Waals surface area contributed by atoms with Crippen molar-refractivity contribution >= 4 is 34.3 Å². The summed E-state index contributed by atoms with van der Waals surface area (Å²) in [6.07, 6.45) is -0.452. The number of anilines is 3. The molecule has 2 heterocycles. The molecule has 1 aliphatic heterocycles. The number of thiophene rings is 1. The summed E-state index contributed by atoms with van der Waals surface area (Å²) >= 11 is 1.62. The molecular weight excluding hydrogens is 274 g/mol. The van der Waals surface area contributed by atoms with Crippen LogP contribution < -0.4 is 21.1 Å². The zero-order chi connectivity index (χ0) is 14.1. The van der Waals surface area contributed by atoms with E-state index in [2.05, 4.69) is 10.6 Å². The van der Waals surface area contributed by atoms with E-state index in [1.165, 1.54) is 0 Å². The Morgan fingerprint density at radius 3 is 3.05 bits per heavy atom. The number of benzene rings is 1. The first-order chi connectivity index (χ1) is 9.63. The first kappa shape index (κ1) is 12.8. The molecule has 104 valence electrons. The van der Waals surface area contributed by atoms with Crippen molar-refractivity contribution in [3.8, 4) is 5.75 Å². The quantitative estimate of drug-likeness (QED) is 0.812. The van der Waals surface area contributed by atoms with Crippen LogP contribution >= 0.6 is 11.3 Å². The Morgan fingerprint density at radius 2 is 2.30 bits per heavy atom. The number of amides is 1. The van der Waals surface area contributed by atoms with E-state index >= 15 is 0 Å². The molecule has 4 N–H and O–H groups in total. The predicted molar refractivity (Wildman–Crippen MR) is 81.2 cm³/mol. The lowest BCUT2D eigenvalue weighted by Crippen LogP contribution is -2.34. The van der Waals surface area contributed by atoms with Gasteiger partial charge in [0.25, 0.3) is 5.91 Å². The van der Waals surface area contributed by atoms with Crippen molar-refractivity contribution in [2.45, 2.75) is 19.6 Å². The monoisotopic (exact) mass is 289 g/mol. The normalized spacial score (nSPS) is 17.1. The van der Waals surface area contributed by atoms with Gasteiger partial charge >= 0.3 is 0 Å². The zero-order valence-corrected chi connectivity index (χ0v) is 11.8. The van der Waals surface area contributed by atoms with Crippen molar-refractivity contribution in [3.63, 3.8) is 0 Å². The number of rotatable bonds is 3. The maximum Gasteiger partial charge on any atom is 0.265 e. The highest BCUT2D eigenvalue weighted by molar-refractivity contribution is 7.10. The summed E-state index contributed by atoms with van der Waals surface area (Å²) in [7, 11) is 0. The van der Waals surface area contributed by atoms with Crippen LogP contribution in [0.15, 0.2) is 29.6 Å². The largest absolute Gasteiger partial charge is 0.479 e. The molecule has 2 aromatic rings. The summed E-state index contributed by atoms with van der Waals surface area (Å²) < 4.78 is 5.51. The molecular formula is C14H15N3O2S. The Labute approximate surface area is 120 Å². The Kier molecular flexibility index (Phi) is 3.23. The third-order valence-corrected chi connectivity index (χ3v) is 4.08. The van der Waals surface area contributed by atoms with Gasteiger partial charge in [0.1, 0.15) is 5.75 Å². The second kappa shape index (κ2) is 5.05. The summed E-state index contributed by atoms with van der Waals surface area (Å²) in [6, 6.07) is 7.53. The Morgan fingerprint density at radius 1 is 1.45 bits per heavy atom. The average molecular weight is 289 g/mol. The van der Waals surface area contributed by atoms with Crippen LogP contribution in [0.3, 0.4) is 0 Å². The first-order valence-corrected chi connectivity index (χ1v) is 7.19. The van der Waals surface area contributed by atoms with Gasteiger partial charge < -0.3 is 21.1 Å². The van der Waals surface area contributed by atoms with Crippen molar-refractivity contribution in [1.82, 2.24) is 0 Å². The van der Waals surface area contributed by atoms with Crippen LogP contribution in [-0.4, -0.2) is 12.0 Å². The number of hydrogen-bond donors (Lipinski definition) is 3. The van der Waals surface area contributed by atoms with Gasteiger partial charge in [0.05, 0.1) is 12.2 Å². The Bertz CT molecular complexity index is 654. The van der Waals surface area contributed by atoms with Crippen LogP contribution in [0.4, 0.5) is 17.1 Å². The van der Waals surface area contributed by atoms with Gasteiger partial charge in [0, 0.05) is 16.3 Å². The molecule has 20 heavy (non-hydrogen) atoms. The molecule has 1 atom stereocenters. The van der Waals surface area contributed by atoms with Gasteiger partial charge in [-0.05, 0) is 36.6 Å². The molecule has 0 saturated carbocycles. The summed E-state index contributed by atoms with van der Waals surface area (Å²) in [5.41, 5.74) is 8.24. The predicted octanol–water partition coefficient (Wildman–Crippen LogP) is 2.66. The Hall–Kier alpha value is -2.21. The summed E-state index contributed by atoms with van der Waals surface area (Å²) in [5, 5.41) is 8.08. The minimum atomic E-state index is -0.452. The first-order valence-electron chi connectivity index (χ1n) is 6.31. The average Bonchev–Trinajstić information content (AvgIpc) is 2.83. The van der Waals surface area contributed by atoms with E-state index in [1.807, 2.05) is 29.6 Å². The highest BCUT2D eigenvalue weighted by atomic mass is 32.1. The summed E-state index contributed by atoms with van der Waals surface area (Å²) in [5.74, 6) is 0.565. The van der Waals surface area contributed by atoms with Gasteiger partial charge in [-0.2, -0.15) is 0 Å². The topological polar surface area (TPSA) is 76.4 Å². The third kappa shape index (κ3) is 2.42. The lowest BCUT2D eigenvalue weighted by molar-refractivity contribution is -0.122. The molecule has 0 aliphatic carbocycles. The number of carbonyl (C=O) groups excluding carboxylic acids is 1. The van der Waals surface area contributed by atoms with E-state index in [0.29, 0.717) is 18.0 Å². The number of hydrogen-bond acceptors (Lipinski definition) is 5. The molecule has 0 fully saturated rings. The van der Waals surface area contributed by atoms with Crippen LogP contribution in [0, 0.1) is 0 Å². The van der Waals surface area contributed by atoms with Gasteiger partial charge in [0.15, 0.2) is 6.10 Å². The zero-order valence-electron chi connectivity index (χ0n) is 11.0. The molecule has 0 saturated heterocycles. The van der Waals surface area contributed by atoms with E-state index in [-0.39, 0.29) is 5.91 Å². The molecule has 1 unspecified atom stereocenters. The van der Waals surface area contributed by atoms with Gasteiger partial charge in [-0.1, -0.05) is 0 Å². The van der Waals surface area contributed by atoms with E-state index in [4.69, 9.17) is 10.5 Å². The van der Waals surface area contributed by atoms with Crippen molar-refractivity contribution < 1.29 is 9.53 Å². The van der Waals surface area contributed by atoms with Crippen molar-refractivity contribution in [1.29, 1.82) is 0 Å². The second-order valence-corrected chi connectivity index (χ2v) is 5.61. The van der Waals surface area contributed by atoms with Crippen LogP contribution in [-0.2, 0) is 11.3 Å². The van der Waals surface area contributed by atoms with Crippen LogP contribution in [0.25, 0.3) is 0 Å². The smallest absolute Gasteiger partial charge is 0.265 e. The van der Waals surface area contributed by atoms with E-state index < -0.39 is 6.10 Å². The van der Waals surface area contributed by atoms with Crippen LogP contribution in [0.1, 0.15) is 11.8 Å². The second-order valence-electron chi connectivity index (χ2n) is 4.61. The molecule has 1 aliphatic rings. The molecule has 1 aromatic carbocycles. The highest BCUT2D eigenvalue weighted by Gasteiger charge is 2.23. The third-order valence-electron chi connectivity index (χ3n) is 3.14. The summed E-state index contributed by atoms with van der Waals surface area (Å²) in [6.45, 7) is 2.39. The number of carbonyl (C=O) groups is 1. The molecule has 3 rings (SSSR count). The van der Waals surface area contributed by atoms with Crippen LogP contribution in [0.5, 0.6) is 5.75 Å². The van der Waals surface area contributed by atoms with Crippen molar-refractivity contribution in [2.24, 2.45) is 0 Å². The van der Waals surface area contributed by atoms with Gasteiger partial charge in [-0.3, -0.25) is 4.79 Å². The van der Waals surface area contributed by atoms with E-state index in [1.54, 1.807) is 18.3 Å². The number of fused-ring (bicyclic) bond motifs is 1. The molecule has 0 radical (unpaired) electrons. The van der Waals surface area contributed by atoms with E-state index in [0.717, 1.165) is 16.3 Å². The molecule has 0 spiro atoms. The molecule has 5 nitrogen and oxygen atoms in total. The maximum absolute atomic E-state index is 11.6. The lowest BCUT2D eigenvalue weighted by Gasteiger charge is -2.23. The summed E-state index contributed by atoms with van der Waals surface area (Å²) in [4.78, 5) is 12.7. The van der Waals surface area contributed by atoms with E-state index in [9.17, 15) is 4.79 Å². The molecule has 1 amide bonds. The number of nitrogens with two attached hydrogens (primary N) is 1. The van der Waals surface area contributed by atoms with Gasteiger partial charge in [0.2, 0.25) is 0 Å². The maximum atomic E-state index is 11.6. The van der Waals surface area contributed by atoms with Gasteiger partial charge in [-0.25, -0.2) is 0 Å². The molecule has 0 bridgehead atoms. The van der Waals surface area contributed by atoms with Gasteiger partial charge in [-0.15, -0.1) is 11.3 Å². The standard InChI is InChI=1S/C14H15N3O2S/c1-8-14(18)17-11-6-9(2-3-12(11)19-8)16-7-13-10(15)4-5-20-13/h2-6,8,16H,7,15H2,1H3,(H,17,18). The fraction of sp³-hybridized carbons (Fsp3) is 0.214. The van der Waals surface area contributed by atoms with Crippen molar-refractivity contribution in [2.75, 3.05) is 16.4 Å². The molecule has 6 heteroatoms. The number of ether oxygens (including phenoxy) is 1. The lowest BCUT2D eigenvalue weighted by atomic mass is 10.2. The SMILES string of the molecule is CC1Oc2ccc(NCc3sccc3N)cc2NC1=O. The number of nitrogen functional groups attached to an aromatic ring is 1.